The quantitative estimate of drug-likeness (QED) is 0.694. The molecule has 0 spiro atoms. The van der Waals surface area contributed by atoms with Gasteiger partial charge in [-0.2, -0.15) is 0 Å². The summed E-state index contributed by atoms with van der Waals surface area (Å²) in [6, 6.07) is 9.58. The first-order chi connectivity index (χ1) is 14.2. The van der Waals surface area contributed by atoms with Crippen LogP contribution in [0.5, 0.6) is 0 Å². The standard InChI is InChI=1S/C22H24N4O2S/c27-20(23-15-7-2-1-3-8-15)14-6-5-11-26(12-14)13-18-24-21(28)19-16-9-4-10-17(16)29-22(19)25-18/h1-3,7-8,14H,4-6,9-13H2,(H,23,27)(H,24,25,28). The first-order valence-electron chi connectivity index (χ1n) is 10.3. The fourth-order valence-electron chi connectivity index (χ4n) is 4.51. The zero-order valence-electron chi connectivity index (χ0n) is 16.2. The van der Waals surface area contributed by atoms with Crippen molar-refractivity contribution in [2.75, 3.05) is 18.4 Å². The van der Waals surface area contributed by atoms with Crippen molar-refractivity contribution in [1.29, 1.82) is 0 Å². The molecule has 7 heteroatoms. The topological polar surface area (TPSA) is 78.1 Å². The van der Waals surface area contributed by atoms with Crippen molar-refractivity contribution < 1.29 is 4.79 Å². The number of H-pyrrole nitrogens is 1. The number of likely N-dealkylation sites (tertiary alicyclic amines) is 1. The van der Waals surface area contributed by atoms with Gasteiger partial charge in [0.1, 0.15) is 10.7 Å². The number of hydrogen-bond donors (Lipinski definition) is 2. The van der Waals surface area contributed by atoms with Crippen molar-refractivity contribution in [3.63, 3.8) is 0 Å². The van der Waals surface area contributed by atoms with Gasteiger partial charge in [0.15, 0.2) is 0 Å². The summed E-state index contributed by atoms with van der Waals surface area (Å²) < 4.78 is 0. The average molecular weight is 409 g/mol. The number of aromatic amines is 1. The summed E-state index contributed by atoms with van der Waals surface area (Å²) >= 11 is 1.67. The Balaban J connectivity index is 1.29. The highest BCUT2D eigenvalue weighted by Gasteiger charge is 2.27. The van der Waals surface area contributed by atoms with Crippen LogP contribution in [0.2, 0.25) is 0 Å². The van der Waals surface area contributed by atoms with Gasteiger partial charge in [-0.25, -0.2) is 4.98 Å². The van der Waals surface area contributed by atoms with Gasteiger partial charge >= 0.3 is 0 Å². The molecular weight excluding hydrogens is 384 g/mol. The number of amides is 1. The summed E-state index contributed by atoms with van der Waals surface area (Å²) in [4.78, 5) is 37.5. The lowest BCUT2D eigenvalue weighted by molar-refractivity contribution is -0.121. The van der Waals surface area contributed by atoms with Gasteiger partial charge in [0.2, 0.25) is 5.91 Å². The number of aryl methyl sites for hydroxylation is 2. The summed E-state index contributed by atoms with van der Waals surface area (Å²) in [5.74, 6) is 0.712. The number of carbonyl (C=O) groups excluding carboxylic acids is 1. The molecule has 3 heterocycles. The Morgan fingerprint density at radius 1 is 1.24 bits per heavy atom. The second-order valence-corrected chi connectivity index (χ2v) is 9.06. The molecular formula is C22H24N4O2S. The number of anilines is 1. The monoisotopic (exact) mass is 408 g/mol. The van der Waals surface area contributed by atoms with Gasteiger partial charge in [-0.05, 0) is 56.3 Å². The van der Waals surface area contributed by atoms with Crippen LogP contribution in [0.4, 0.5) is 5.69 Å². The molecule has 29 heavy (non-hydrogen) atoms. The van der Waals surface area contributed by atoms with Crippen LogP contribution in [-0.4, -0.2) is 33.9 Å². The van der Waals surface area contributed by atoms with Gasteiger partial charge in [0.05, 0.1) is 17.8 Å². The Bertz CT molecular complexity index is 1110. The molecule has 1 unspecified atom stereocenters. The van der Waals surface area contributed by atoms with E-state index in [0.717, 1.165) is 54.6 Å². The molecule has 2 N–H and O–H groups in total. The maximum absolute atomic E-state index is 12.7. The highest BCUT2D eigenvalue weighted by molar-refractivity contribution is 7.18. The van der Waals surface area contributed by atoms with E-state index in [0.29, 0.717) is 18.9 Å². The largest absolute Gasteiger partial charge is 0.326 e. The van der Waals surface area contributed by atoms with Crippen LogP contribution in [0.25, 0.3) is 10.2 Å². The smallest absolute Gasteiger partial charge is 0.259 e. The van der Waals surface area contributed by atoms with Gasteiger partial charge in [-0.15, -0.1) is 11.3 Å². The molecule has 3 aromatic rings. The number of thiophene rings is 1. The van der Waals surface area contributed by atoms with E-state index in [2.05, 4.69) is 15.2 Å². The fourth-order valence-corrected chi connectivity index (χ4v) is 5.79. The molecule has 6 nitrogen and oxygen atoms in total. The van der Waals surface area contributed by atoms with Gasteiger partial charge in [0.25, 0.3) is 5.56 Å². The highest BCUT2D eigenvalue weighted by Crippen LogP contribution is 2.34. The Labute approximate surface area is 173 Å². The number of nitrogens with one attached hydrogen (secondary N) is 2. The second kappa shape index (κ2) is 7.72. The summed E-state index contributed by atoms with van der Waals surface area (Å²) in [7, 11) is 0. The first-order valence-corrected chi connectivity index (χ1v) is 11.1. The number of aromatic nitrogens is 2. The maximum Gasteiger partial charge on any atom is 0.259 e. The molecule has 1 saturated heterocycles. The van der Waals surface area contributed by atoms with Gasteiger partial charge in [-0.1, -0.05) is 18.2 Å². The molecule has 1 aromatic carbocycles. The zero-order chi connectivity index (χ0) is 19.8. The molecule has 2 aliphatic rings. The molecule has 150 valence electrons. The number of hydrogen-bond acceptors (Lipinski definition) is 5. The van der Waals surface area contributed by atoms with Gasteiger partial charge in [0, 0.05) is 17.1 Å². The highest BCUT2D eigenvalue weighted by atomic mass is 32.1. The molecule has 1 fully saturated rings. The van der Waals surface area contributed by atoms with Crippen LogP contribution in [0, 0.1) is 5.92 Å². The van der Waals surface area contributed by atoms with Crippen molar-refractivity contribution in [3.8, 4) is 0 Å². The van der Waals surface area contributed by atoms with Crippen molar-refractivity contribution in [1.82, 2.24) is 14.9 Å². The molecule has 1 atom stereocenters. The zero-order valence-corrected chi connectivity index (χ0v) is 17.1. The summed E-state index contributed by atoms with van der Waals surface area (Å²) in [5, 5.41) is 3.81. The molecule has 1 aliphatic carbocycles. The van der Waals surface area contributed by atoms with E-state index < -0.39 is 0 Å². The lowest BCUT2D eigenvalue weighted by atomic mass is 9.97. The third-order valence-corrected chi connectivity index (χ3v) is 7.10. The Kier molecular flexibility index (Phi) is 4.93. The summed E-state index contributed by atoms with van der Waals surface area (Å²) in [6.45, 7) is 2.17. The third kappa shape index (κ3) is 3.72. The fraction of sp³-hybridized carbons (Fsp3) is 0.409. The van der Waals surface area contributed by atoms with E-state index in [9.17, 15) is 9.59 Å². The number of para-hydroxylation sites is 1. The minimum Gasteiger partial charge on any atom is -0.326 e. The number of carbonyl (C=O) groups is 1. The maximum atomic E-state index is 12.7. The minimum atomic E-state index is -0.0510. The Morgan fingerprint density at radius 3 is 2.97 bits per heavy atom. The normalized spacial score (nSPS) is 19.4. The predicted molar refractivity (Wildman–Crippen MR) is 115 cm³/mol. The number of fused-ring (bicyclic) bond motifs is 3. The molecule has 5 rings (SSSR count). The average Bonchev–Trinajstić information content (AvgIpc) is 3.30. The van der Waals surface area contributed by atoms with Crippen LogP contribution in [0.15, 0.2) is 35.1 Å². The number of rotatable bonds is 4. The number of piperidine rings is 1. The number of benzene rings is 1. The number of nitrogens with zero attached hydrogens (tertiary/aromatic N) is 2. The minimum absolute atomic E-state index is 0.0141. The van der Waals surface area contributed by atoms with Gasteiger partial charge in [-0.3, -0.25) is 14.5 Å². The van der Waals surface area contributed by atoms with Crippen LogP contribution < -0.4 is 10.9 Å². The Hall–Kier alpha value is -2.51. The van der Waals surface area contributed by atoms with Gasteiger partial charge < -0.3 is 10.3 Å². The lowest BCUT2D eigenvalue weighted by Gasteiger charge is -2.31. The molecule has 2 aromatic heterocycles. The van der Waals surface area contributed by atoms with Crippen LogP contribution in [0.1, 0.15) is 35.5 Å². The summed E-state index contributed by atoms with van der Waals surface area (Å²) in [6.07, 6.45) is 5.04. The van der Waals surface area contributed by atoms with E-state index in [1.807, 2.05) is 30.3 Å². The molecule has 0 bridgehead atoms. The van der Waals surface area contributed by atoms with E-state index in [4.69, 9.17) is 4.98 Å². The Morgan fingerprint density at radius 2 is 2.10 bits per heavy atom. The van der Waals surface area contributed by atoms with E-state index in [1.54, 1.807) is 11.3 Å². The lowest BCUT2D eigenvalue weighted by Crippen LogP contribution is -2.40. The SMILES string of the molecule is O=C(Nc1ccccc1)C1CCCN(Cc2nc3sc4c(c3c(=O)[nH]2)CCC4)C1. The van der Waals surface area contributed by atoms with Crippen LogP contribution in [-0.2, 0) is 24.2 Å². The van der Waals surface area contributed by atoms with E-state index in [-0.39, 0.29) is 17.4 Å². The molecule has 1 amide bonds. The van der Waals surface area contributed by atoms with Crippen molar-refractivity contribution in [2.24, 2.45) is 5.92 Å². The predicted octanol–water partition coefficient (Wildman–Crippen LogP) is 3.32. The van der Waals surface area contributed by atoms with E-state index in [1.165, 1.54) is 10.4 Å². The van der Waals surface area contributed by atoms with Crippen LogP contribution in [0.3, 0.4) is 0 Å². The van der Waals surface area contributed by atoms with E-state index >= 15 is 0 Å². The molecule has 0 radical (unpaired) electrons. The van der Waals surface area contributed by atoms with Crippen molar-refractivity contribution in [3.05, 3.63) is 57.0 Å². The second-order valence-electron chi connectivity index (χ2n) is 7.98. The first kappa shape index (κ1) is 18.5. The van der Waals surface area contributed by atoms with Crippen LogP contribution >= 0.6 is 11.3 Å². The van der Waals surface area contributed by atoms with Crippen molar-refractivity contribution in [2.45, 2.75) is 38.6 Å². The molecule has 0 saturated carbocycles. The summed E-state index contributed by atoms with van der Waals surface area (Å²) in [5.41, 5.74) is 2.03. The molecule has 1 aliphatic heterocycles. The van der Waals surface area contributed by atoms with Crippen molar-refractivity contribution >= 4 is 33.1 Å². The third-order valence-electron chi connectivity index (χ3n) is 5.92.